The molecule has 0 spiro atoms. The fourth-order valence-electron chi connectivity index (χ4n) is 4.16. The number of hydrogen-bond acceptors (Lipinski definition) is 4. The normalized spacial score (nSPS) is 29.6. The lowest BCUT2D eigenvalue weighted by Crippen LogP contribution is -2.68. The van der Waals surface area contributed by atoms with Crippen molar-refractivity contribution in [2.24, 2.45) is 10.8 Å². The highest BCUT2D eigenvalue weighted by molar-refractivity contribution is 5.79. The van der Waals surface area contributed by atoms with Crippen molar-refractivity contribution in [3.63, 3.8) is 0 Å². The van der Waals surface area contributed by atoms with E-state index in [1.165, 1.54) is 4.90 Å². The predicted octanol–water partition coefficient (Wildman–Crippen LogP) is 2.64. The van der Waals surface area contributed by atoms with E-state index in [4.69, 9.17) is 4.74 Å². The molecule has 1 unspecified atom stereocenters. The maximum atomic E-state index is 12.3. The molecule has 1 saturated heterocycles. The summed E-state index contributed by atoms with van der Waals surface area (Å²) >= 11 is 0. The number of nitrogens with zero attached hydrogens (tertiary/aromatic N) is 1. The van der Waals surface area contributed by atoms with Crippen LogP contribution in [-0.2, 0) is 9.53 Å². The van der Waals surface area contributed by atoms with E-state index in [-0.39, 0.29) is 12.0 Å². The Labute approximate surface area is 137 Å². The van der Waals surface area contributed by atoms with Crippen molar-refractivity contribution in [3.05, 3.63) is 0 Å². The lowest BCUT2D eigenvalue weighted by Gasteiger charge is -2.59. The summed E-state index contributed by atoms with van der Waals surface area (Å²) in [6.07, 6.45) is 1.30. The molecule has 1 amide bonds. The van der Waals surface area contributed by atoms with Gasteiger partial charge < -0.3 is 19.8 Å². The second kappa shape index (κ2) is 5.36. The van der Waals surface area contributed by atoms with Crippen LogP contribution >= 0.6 is 0 Å². The Balaban J connectivity index is 2.21. The number of carbonyl (C=O) groups is 2. The molecule has 6 heteroatoms. The number of ether oxygens (including phenoxy) is 1. The molecule has 0 bridgehead atoms. The van der Waals surface area contributed by atoms with Crippen molar-refractivity contribution in [2.75, 3.05) is 13.1 Å². The highest BCUT2D eigenvalue weighted by atomic mass is 16.6. The van der Waals surface area contributed by atoms with Gasteiger partial charge in [0, 0.05) is 13.1 Å². The summed E-state index contributed by atoms with van der Waals surface area (Å²) in [5, 5.41) is 20.8. The number of likely N-dealkylation sites (tertiary alicyclic amines) is 1. The van der Waals surface area contributed by atoms with Gasteiger partial charge in [-0.05, 0) is 51.9 Å². The molecule has 1 aliphatic heterocycles. The molecule has 0 aromatic carbocycles. The minimum atomic E-state index is -1.31. The van der Waals surface area contributed by atoms with E-state index in [0.717, 1.165) is 0 Å². The van der Waals surface area contributed by atoms with Crippen molar-refractivity contribution in [3.8, 4) is 0 Å². The number of carbonyl (C=O) groups excluding carboxylic acids is 1. The van der Waals surface area contributed by atoms with Gasteiger partial charge in [-0.3, -0.25) is 4.79 Å². The molecule has 2 fully saturated rings. The minimum absolute atomic E-state index is 0.00380. The number of carboxylic acids is 1. The van der Waals surface area contributed by atoms with Crippen LogP contribution in [0.1, 0.15) is 60.3 Å². The van der Waals surface area contributed by atoms with Gasteiger partial charge in [-0.2, -0.15) is 0 Å². The van der Waals surface area contributed by atoms with E-state index < -0.39 is 28.7 Å². The topological polar surface area (TPSA) is 87.1 Å². The number of amides is 1. The first-order valence-electron chi connectivity index (χ1n) is 8.24. The second-order valence-electron chi connectivity index (χ2n) is 8.94. The summed E-state index contributed by atoms with van der Waals surface area (Å²) in [7, 11) is 0. The second-order valence-corrected chi connectivity index (χ2v) is 8.94. The maximum Gasteiger partial charge on any atom is 0.410 e. The smallest absolute Gasteiger partial charge is 0.410 e. The van der Waals surface area contributed by atoms with E-state index >= 15 is 0 Å². The van der Waals surface area contributed by atoms with E-state index in [1.54, 1.807) is 20.8 Å². The van der Waals surface area contributed by atoms with Gasteiger partial charge >= 0.3 is 12.1 Å². The summed E-state index contributed by atoms with van der Waals surface area (Å²) in [6.45, 7) is 9.84. The number of aliphatic carboxylic acids is 1. The van der Waals surface area contributed by atoms with Crippen LogP contribution in [0.3, 0.4) is 0 Å². The van der Waals surface area contributed by atoms with E-state index in [1.807, 2.05) is 13.8 Å². The molecule has 2 N–H and O–H groups in total. The first-order valence-corrected chi connectivity index (χ1v) is 8.24. The van der Waals surface area contributed by atoms with Crippen LogP contribution < -0.4 is 0 Å². The number of piperidine rings is 1. The molecule has 1 heterocycles. The monoisotopic (exact) mass is 327 g/mol. The Morgan fingerprint density at radius 1 is 1.17 bits per heavy atom. The average molecular weight is 327 g/mol. The van der Waals surface area contributed by atoms with Crippen LogP contribution in [-0.4, -0.2) is 51.5 Å². The fraction of sp³-hybridized carbons (Fsp3) is 0.882. The van der Waals surface area contributed by atoms with Gasteiger partial charge in [0.2, 0.25) is 0 Å². The summed E-state index contributed by atoms with van der Waals surface area (Å²) in [6, 6.07) is 0. The largest absolute Gasteiger partial charge is 0.481 e. The summed E-state index contributed by atoms with van der Waals surface area (Å²) in [5.41, 5.74) is -3.26. The molecule has 1 atom stereocenters. The number of aliphatic hydroxyl groups is 1. The number of carboxylic acid groups (broad SMARTS) is 1. The van der Waals surface area contributed by atoms with Gasteiger partial charge in [-0.25, -0.2) is 4.79 Å². The third-order valence-electron chi connectivity index (χ3n) is 4.99. The molecule has 23 heavy (non-hydrogen) atoms. The SMILES string of the molecule is CC1(C)CC(O)(C2(C(=O)O)CCCN(C(=O)OC(C)(C)C)C2)C1. The van der Waals surface area contributed by atoms with Gasteiger partial charge in [0.15, 0.2) is 0 Å². The molecule has 132 valence electrons. The minimum Gasteiger partial charge on any atom is -0.481 e. The number of hydrogen-bond donors (Lipinski definition) is 2. The van der Waals surface area contributed by atoms with Crippen molar-refractivity contribution < 1.29 is 24.5 Å². The van der Waals surface area contributed by atoms with Crippen molar-refractivity contribution in [2.45, 2.75) is 71.5 Å². The van der Waals surface area contributed by atoms with Crippen LogP contribution in [0, 0.1) is 10.8 Å². The molecule has 0 aromatic heterocycles. The van der Waals surface area contributed by atoms with Crippen molar-refractivity contribution in [1.29, 1.82) is 0 Å². The van der Waals surface area contributed by atoms with E-state index in [2.05, 4.69) is 0 Å². The summed E-state index contributed by atoms with van der Waals surface area (Å²) in [4.78, 5) is 25.8. The van der Waals surface area contributed by atoms with Crippen LogP contribution in [0.4, 0.5) is 4.79 Å². The Bertz CT molecular complexity index is 500. The standard InChI is InChI=1S/C17H29NO5/c1-14(2,3)23-13(21)18-8-6-7-16(11-18,12(19)20)17(22)9-15(4,5)10-17/h22H,6-11H2,1-5H3,(H,19,20). The molecule has 2 aliphatic rings. The van der Waals surface area contributed by atoms with Gasteiger partial charge in [-0.15, -0.1) is 0 Å². The first-order chi connectivity index (χ1) is 10.3. The zero-order valence-electron chi connectivity index (χ0n) is 14.8. The summed E-state index contributed by atoms with van der Waals surface area (Å²) < 4.78 is 5.37. The van der Waals surface area contributed by atoms with Gasteiger partial charge in [0.25, 0.3) is 0 Å². The highest BCUT2D eigenvalue weighted by Crippen LogP contribution is 2.58. The molecule has 0 radical (unpaired) electrons. The zero-order valence-corrected chi connectivity index (χ0v) is 14.8. The van der Waals surface area contributed by atoms with E-state index in [9.17, 15) is 19.8 Å². The third kappa shape index (κ3) is 3.32. The molecule has 1 aliphatic carbocycles. The first kappa shape index (κ1) is 18.0. The zero-order chi connectivity index (χ0) is 17.7. The summed E-state index contributed by atoms with van der Waals surface area (Å²) in [5.74, 6) is -1.02. The van der Waals surface area contributed by atoms with Gasteiger partial charge in [0.1, 0.15) is 11.0 Å². The van der Waals surface area contributed by atoms with Gasteiger partial charge in [0.05, 0.1) is 5.60 Å². The third-order valence-corrected chi connectivity index (χ3v) is 4.99. The lowest BCUT2D eigenvalue weighted by atomic mass is 9.49. The molecule has 6 nitrogen and oxygen atoms in total. The Hall–Kier alpha value is -1.30. The quantitative estimate of drug-likeness (QED) is 0.814. The average Bonchev–Trinajstić information content (AvgIpc) is 2.33. The molecule has 2 rings (SSSR count). The van der Waals surface area contributed by atoms with Crippen LogP contribution in [0.2, 0.25) is 0 Å². The van der Waals surface area contributed by atoms with Crippen molar-refractivity contribution in [1.82, 2.24) is 4.90 Å². The Kier molecular flexibility index (Phi) is 4.21. The molecular weight excluding hydrogens is 298 g/mol. The van der Waals surface area contributed by atoms with Gasteiger partial charge in [-0.1, -0.05) is 13.8 Å². The number of rotatable bonds is 2. The van der Waals surface area contributed by atoms with Crippen molar-refractivity contribution >= 4 is 12.1 Å². The predicted molar refractivity (Wildman–Crippen MR) is 85.1 cm³/mol. The molecular formula is C17H29NO5. The van der Waals surface area contributed by atoms with E-state index in [0.29, 0.717) is 32.2 Å². The van der Waals surface area contributed by atoms with Crippen LogP contribution in [0.25, 0.3) is 0 Å². The molecule has 1 saturated carbocycles. The lowest BCUT2D eigenvalue weighted by molar-refractivity contribution is -0.220. The van der Waals surface area contributed by atoms with Crippen LogP contribution in [0.15, 0.2) is 0 Å². The fourth-order valence-corrected chi connectivity index (χ4v) is 4.16. The maximum absolute atomic E-state index is 12.3. The Morgan fingerprint density at radius 3 is 2.17 bits per heavy atom. The highest BCUT2D eigenvalue weighted by Gasteiger charge is 2.65. The Morgan fingerprint density at radius 2 is 1.74 bits per heavy atom. The molecule has 0 aromatic rings. The van der Waals surface area contributed by atoms with Crippen LogP contribution in [0.5, 0.6) is 0 Å².